The zero-order chi connectivity index (χ0) is 15.2. The normalized spacial score (nSPS) is 14.0. The summed E-state index contributed by atoms with van der Waals surface area (Å²) in [6.45, 7) is -1.12. The van der Waals surface area contributed by atoms with Gasteiger partial charge in [0.1, 0.15) is 6.10 Å². The number of rotatable bonds is 5. The average Bonchev–Trinajstić information content (AvgIpc) is 2.42. The van der Waals surface area contributed by atoms with Gasteiger partial charge in [0.25, 0.3) is 0 Å². The molecule has 9 heteroatoms. The Labute approximate surface area is 111 Å². The molecule has 1 aromatic carbocycles. The van der Waals surface area contributed by atoms with Crippen molar-refractivity contribution in [1.29, 1.82) is 0 Å². The Morgan fingerprint density at radius 3 is 2.45 bits per heavy atom. The molecule has 0 aromatic heterocycles. The molecule has 0 fully saturated rings. The second-order valence-corrected chi connectivity index (χ2v) is 3.68. The van der Waals surface area contributed by atoms with Crippen molar-refractivity contribution < 1.29 is 27.8 Å². The lowest BCUT2D eigenvalue weighted by molar-refractivity contribution is -0.172. The highest BCUT2D eigenvalue weighted by atomic mass is 19.4. The molecule has 0 aliphatic heterocycles. The van der Waals surface area contributed by atoms with Gasteiger partial charge in [-0.2, -0.15) is 13.2 Å². The average molecular weight is 289 g/mol. The van der Waals surface area contributed by atoms with Crippen LogP contribution in [0.3, 0.4) is 0 Å². The highest BCUT2D eigenvalue weighted by molar-refractivity contribution is 5.89. The third kappa shape index (κ3) is 4.15. The Balaban J connectivity index is 2.90. The van der Waals surface area contributed by atoms with E-state index in [9.17, 15) is 18.0 Å². The number of esters is 1. The van der Waals surface area contributed by atoms with Gasteiger partial charge in [-0.05, 0) is 17.7 Å². The molecular weight excluding hydrogens is 279 g/mol. The fourth-order valence-electron chi connectivity index (χ4n) is 1.39. The standard InChI is InChI=1S/C11H10F3N3O3/c12-11(13,14)9(16-17-15)8(6-18)20-10(19)7-4-2-1-3-5-7/h1-5,8-9,18H,6H2/t8-,9+/m0/s1. The van der Waals surface area contributed by atoms with Crippen molar-refractivity contribution in [3.8, 4) is 0 Å². The van der Waals surface area contributed by atoms with Gasteiger partial charge < -0.3 is 9.84 Å². The predicted octanol–water partition coefficient (Wildman–Crippen LogP) is 2.45. The van der Waals surface area contributed by atoms with Crippen molar-refractivity contribution in [3.63, 3.8) is 0 Å². The molecule has 0 saturated heterocycles. The van der Waals surface area contributed by atoms with Gasteiger partial charge >= 0.3 is 12.1 Å². The molecule has 0 aliphatic rings. The Morgan fingerprint density at radius 2 is 2.00 bits per heavy atom. The molecule has 6 nitrogen and oxygen atoms in total. The van der Waals surface area contributed by atoms with E-state index in [1.54, 1.807) is 6.07 Å². The fraction of sp³-hybridized carbons (Fsp3) is 0.364. The van der Waals surface area contributed by atoms with Crippen molar-refractivity contribution in [2.24, 2.45) is 5.11 Å². The van der Waals surface area contributed by atoms with E-state index in [2.05, 4.69) is 14.8 Å². The molecule has 108 valence electrons. The largest absolute Gasteiger partial charge is 0.456 e. The van der Waals surface area contributed by atoms with E-state index < -0.39 is 30.9 Å². The van der Waals surface area contributed by atoms with Gasteiger partial charge in [-0.1, -0.05) is 23.3 Å². The third-order valence-electron chi connectivity index (χ3n) is 2.31. The smallest absolute Gasteiger partial charge is 0.401 e. The van der Waals surface area contributed by atoms with E-state index >= 15 is 0 Å². The molecule has 0 aliphatic carbocycles. The second-order valence-electron chi connectivity index (χ2n) is 3.68. The minimum atomic E-state index is -4.93. The van der Waals surface area contributed by atoms with Gasteiger partial charge in [-0.15, -0.1) is 0 Å². The predicted molar refractivity (Wildman–Crippen MR) is 61.7 cm³/mol. The number of hydrogen-bond acceptors (Lipinski definition) is 4. The lowest BCUT2D eigenvalue weighted by atomic mass is 10.1. The highest BCUT2D eigenvalue weighted by Gasteiger charge is 2.46. The van der Waals surface area contributed by atoms with Crippen LogP contribution in [-0.4, -0.2) is 36.0 Å². The van der Waals surface area contributed by atoms with Crippen LogP contribution >= 0.6 is 0 Å². The fourth-order valence-corrected chi connectivity index (χ4v) is 1.39. The zero-order valence-corrected chi connectivity index (χ0v) is 9.99. The van der Waals surface area contributed by atoms with Crippen LogP contribution in [-0.2, 0) is 4.74 Å². The monoisotopic (exact) mass is 289 g/mol. The first-order chi connectivity index (χ1) is 9.40. The summed E-state index contributed by atoms with van der Waals surface area (Å²) in [4.78, 5) is 13.7. The number of nitrogens with zero attached hydrogens (tertiary/aromatic N) is 3. The van der Waals surface area contributed by atoms with Crippen molar-refractivity contribution in [2.75, 3.05) is 6.61 Å². The number of halogens is 3. The van der Waals surface area contributed by atoms with Crippen molar-refractivity contribution in [1.82, 2.24) is 0 Å². The summed E-state index contributed by atoms with van der Waals surface area (Å²) in [5, 5.41) is 11.5. The quantitative estimate of drug-likeness (QED) is 0.390. The third-order valence-corrected chi connectivity index (χ3v) is 2.31. The number of hydrogen-bond donors (Lipinski definition) is 1. The Kier molecular flexibility index (Phi) is 5.36. The van der Waals surface area contributed by atoms with Crippen LogP contribution < -0.4 is 0 Å². The maximum atomic E-state index is 12.6. The lowest BCUT2D eigenvalue weighted by Crippen LogP contribution is -2.43. The van der Waals surface area contributed by atoms with Gasteiger partial charge in [0.15, 0.2) is 6.04 Å². The van der Waals surface area contributed by atoms with Gasteiger partial charge in [0, 0.05) is 4.91 Å². The van der Waals surface area contributed by atoms with Crippen molar-refractivity contribution in [3.05, 3.63) is 46.3 Å². The van der Waals surface area contributed by atoms with Gasteiger partial charge in [-0.25, -0.2) is 4.79 Å². The van der Waals surface area contributed by atoms with Gasteiger partial charge in [0.2, 0.25) is 0 Å². The molecule has 2 atom stereocenters. The van der Waals surface area contributed by atoms with Crippen LogP contribution in [0.5, 0.6) is 0 Å². The molecule has 20 heavy (non-hydrogen) atoms. The molecule has 0 spiro atoms. The molecule has 0 radical (unpaired) electrons. The Bertz CT molecular complexity index is 501. The molecule has 1 rings (SSSR count). The van der Waals surface area contributed by atoms with Crippen LogP contribution in [0.15, 0.2) is 35.4 Å². The van der Waals surface area contributed by atoms with Crippen LogP contribution in [0.4, 0.5) is 13.2 Å². The van der Waals surface area contributed by atoms with E-state index in [1.165, 1.54) is 24.3 Å². The summed E-state index contributed by atoms with van der Waals surface area (Å²) in [6, 6.07) is 4.64. The summed E-state index contributed by atoms with van der Waals surface area (Å²) >= 11 is 0. The lowest BCUT2D eigenvalue weighted by Gasteiger charge is -2.23. The zero-order valence-electron chi connectivity index (χ0n) is 9.99. The summed E-state index contributed by atoms with van der Waals surface area (Å²) in [7, 11) is 0. The van der Waals surface area contributed by atoms with E-state index in [0.29, 0.717) is 0 Å². The number of carbonyl (C=O) groups is 1. The first-order valence-electron chi connectivity index (χ1n) is 5.38. The first kappa shape index (κ1) is 15.8. The molecule has 0 unspecified atom stereocenters. The Hall–Kier alpha value is -2.25. The Morgan fingerprint density at radius 1 is 1.40 bits per heavy atom. The molecule has 1 aromatic rings. The number of aliphatic hydroxyl groups is 1. The summed E-state index contributed by atoms with van der Waals surface area (Å²) in [5.74, 6) is -1.05. The molecule has 0 bridgehead atoms. The SMILES string of the molecule is [N-]=[N+]=N[C@H]([C@H](CO)OC(=O)c1ccccc1)C(F)(F)F. The van der Waals surface area contributed by atoms with E-state index in [-0.39, 0.29) is 5.56 Å². The highest BCUT2D eigenvalue weighted by Crippen LogP contribution is 2.27. The molecule has 0 saturated carbocycles. The summed E-state index contributed by atoms with van der Waals surface area (Å²) < 4.78 is 42.4. The van der Waals surface area contributed by atoms with Crippen LogP contribution in [0, 0.1) is 0 Å². The maximum Gasteiger partial charge on any atom is 0.401 e. The molecule has 1 N–H and O–H groups in total. The first-order valence-corrected chi connectivity index (χ1v) is 5.38. The van der Waals surface area contributed by atoms with E-state index in [4.69, 9.17) is 10.6 Å². The minimum Gasteiger partial charge on any atom is -0.456 e. The summed E-state index contributed by atoms with van der Waals surface area (Å²) in [5.41, 5.74) is 8.15. The number of benzene rings is 1. The van der Waals surface area contributed by atoms with Crippen LogP contribution in [0.1, 0.15) is 10.4 Å². The van der Waals surface area contributed by atoms with Gasteiger partial charge in [0.05, 0.1) is 12.2 Å². The number of aliphatic hydroxyl groups excluding tert-OH is 1. The van der Waals surface area contributed by atoms with E-state index in [1.807, 2.05) is 0 Å². The van der Waals surface area contributed by atoms with Gasteiger partial charge in [-0.3, -0.25) is 0 Å². The maximum absolute atomic E-state index is 12.6. The van der Waals surface area contributed by atoms with Crippen molar-refractivity contribution in [2.45, 2.75) is 18.3 Å². The minimum absolute atomic E-state index is 0.0211. The number of ether oxygens (including phenoxy) is 1. The molecular formula is C11H10F3N3O3. The molecule has 0 amide bonds. The number of azide groups is 1. The second kappa shape index (κ2) is 6.78. The van der Waals surface area contributed by atoms with E-state index in [0.717, 1.165) is 0 Å². The van der Waals surface area contributed by atoms with Crippen LogP contribution in [0.2, 0.25) is 0 Å². The molecule has 0 heterocycles. The number of alkyl halides is 3. The number of carbonyl (C=O) groups excluding carboxylic acids is 1. The van der Waals surface area contributed by atoms with Crippen molar-refractivity contribution >= 4 is 5.97 Å². The topological polar surface area (TPSA) is 95.3 Å². The summed E-state index contributed by atoms with van der Waals surface area (Å²) in [6.07, 6.45) is -6.94. The van der Waals surface area contributed by atoms with Crippen LogP contribution in [0.25, 0.3) is 10.4 Å².